The van der Waals surface area contributed by atoms with Crippen molar-refractivity contribution in [1.82, 2.24) is 0 Å². The van der Waals surface area contributed by atoms with Crippen molar-refractivity contribution in [2.75, 3.05) is 23.9 Å². The minimum Gasteiger partial charge on any atom is -0.465 e. The molecule has 0 aromatic heterocycles. The number of amides is 1. The van der Waals surface area contributed by atoms with Crippen LogP contribution in [0, 0.1) is 0 Å². The van der Waals surface area contributed by atoms with Crippen LogP contribution in [-0.4, -0.2) is 25.5 Å². The summed E-state index contributed by atoms with van der Waals surface area (Å²) in [5.41, 5.74) is 3.53. The number of rotatable bonds is 5. The van der Waals surface area contributed by atoms with Gasteiger partial charge in [0.15, 0.2) is 11.5 Å². The summed E-state index contributed by atoms with van der Waals surface area (Å²) in [6.45, 7) is 2.90. The van der Waals surface area contributed by atoms with Gasteiger partial charge in [0.25, 0.3) is 0 Å². The van der Waals surface area contributed by atoms with Crippen LogP contribution < -0.4 is 15.0 Å². The molecule has 6 nitrogen and oxygen atoms in total. The molecule has 0 aliphatic carbocycles. The number of benzene rings is 3. The summed E-state index contributed by atoms with van der Waals surface area (Å²) in [7, 11) is 1.30. The molecule has 0 atom stereocenters. The molecule has 6 heteroatoms. The first-order valence-corrected chi connectivity index (χ1v) is 9.95. The average molecular weight is 414 g/mol. The summed E-state index contributed by atoms with van der Waals surface area (Å²) < 4.78 is 10.8. The Balaban J connectivity index is 1.53. The maximum atomic E-state index is 12.4. The molecule has 0 bridgehead atoms. The first-order valence-electron chi connectivity index (χ1n) is 9.95. The molecule has 4 rings (SSSR count). The number of methoxy groups -OCH3 is 1. The number of fused-ring (bicyclic) bond motifs is 2. The van der Waals surface area contributed by atoms with Crippen LogP contribution in [0.1, 0.15) is 22.8 Å². The quantitative estimate of drug-likeness (QED) is 0.448. The Labute approximate surface area is 180 Å². The van der Waals surface area contributed by atoms with Gasteiger partial charge in [-0.3, -0.25) is 4.79 Å². The van der Waals surface area contributed by atoms with Crippen molar-refractivity contribution in [2.24, 2.45) is 0 Å². The highest BCUT2D eigenvalue weighted by Gasteiger charge is 2.22. The Morgan fingerprint density at radius 2 is 1.74 bits per heavy atom. The molecule has 1 aliphatic rings. The van der Waals surface area contributed by atoms with Crippen molar-refractivity contribution in [3.8, 4) is 11.5 Å². The summed E-state index contributed by atoms with van der Waals surface area (Å²) >= 11 is 0. The van der Waals surface area contributed by atoms with Crippen LogP contribution in [0.15, 0.2) is 72.8 Å². The summed E-state index contributed by atoms with van der Waals surface area (Å²) in [6, 6.07) is 20.4. The summed E-state index contributed by atoms with van der Waals surface area (Å²) in [6.07, 6.45) is 3.13. The zero-order valence-electron chi connectivity index (χ0n) is 17.3. The van der Waals surface area contributed by atoms with Gasteiger partial charge in [-0.1, -0.05) is 30.3 Å². The van der Waals surface area contributed by atoms with E-state index in [1.807, 2.05) is 42.5 Å². The molecule has 31 heavy (non-hydrogen) atoms. The second kappa shape index (κ2) is 8.75. The third-order valence-corrected chi connectivity index (χ3v) is 4.98. The van der Waals surface area contributed by atoms with Crippen LogP contribution in [0.2, 0.25) is 0 Å². The Morgan fingerprint density at radius 3 is 2.55 bits per heavy atom. The largest absolute Gasteiger partial charge is 0.465 e. The van der Waals surface area contributed by atoms with Crippen LogP contribution in [0.25, 0.3) is 6.08 Å². The fourth-order valence-electron chi connectivity index (χ4n) is 3.52. The van der Waals surface area contributed by atoms with Gasteiger partial charge in [0.2, 0.25) is 5.91 Å². The van der Waals surface area contributed by atoms with E-state index < -0.39 is 5.97 Å². The fraction of sp³-hybridized carbons (Fsp3) is 0.120. The van der Waals surface area contributed by atoms with E-state index in [0.29, 0.717) is 11.3 Å². The van der Waals surface area contributed by atoms with Crippen LogP contribution in [0.4, 0.5) is 17.1 Å². The van der Waals surface area contributed by atoms with E-state index in [1.165, 1.54) is 13.2 Å². The molecule has 0 spiro atoms. The minimum absolute atomic E-state index is 0.298. The Morgan fingerprint density at radius 1 is 1.00 bits per heavy atom. The number of carbonyl (C=O) groups excluding carboxylic acids is 2. The molecule has 156 valence electrons. The lowest BCUT2D eigenvalue weighted by Gasteiger charge is -2.32. The maximum Gasteiger partial charge on any atom is 0.339 e. The number of para-hydroxylation sites is 3. The second-order valence-corrected chi connectivity index (χ2v) is 6.90. The van der Waals surface area contributed by atoms with E-state index in [2.05, 4.69) is 17.1 Å². The third kappa shape index (κ3) is 4.14. The van der Waals surface area contributed by atoms with Gasteiger partial charge in [-0.15, -0.1) is 0 Å². The van der Waals surface area contributed by atoms with Crippen molar-refractivity contribution in [1.29, 1.82) is 0 Å². The number of carbonyl (C=O) groups is 2. The van der Waals surface area contributed by atoms with Crippen molar-refractivity contribution in [3.05, 3.63) is 83.9 Å². The molecular formula is C25H22N2O4. The number of nitrogens with zero attached hydrogens (tertiary/aromatic N) is 1. The van der Waals surface area contributed by atoms with Gasteiger partial charge < -0.3 is 19.7 Å². The van der Waals surface area contributed by atoms with E-state index in [1.54, 1.807) is 30.3 Å². The lowest BCUT2D eigenvalue weighted by molar-refractivity contribution is -0.111. The fourth-order valence-corrected chi connectivity index (χ4v) is 3.52. The molecule has 3 aromatic rings. The molecule has 1 N–H and O–H groups in total. The minimum atomic E-state index is -0.507. The van der Waals surface area contributed by atoms with E-state index >= 15 is 0 Å². The highest BCUT2D eigenvalue weighted by Crippen LogP contribution is 2.46. The topological polar surface area (TPSA) is 67.9 Å². The lowest BCUT2D eigenvalue weighted by Crippen LogP contribution is -2.20. The van der Waals surface area contributed by atoms with Crippen LogP contribution >= 0.6 is 0 Å². The van der Waals surface area contributed by atoms with Gasteiger partial charge in [0.05, 0.1) is 29.7 Å². The highest BCUT2D eigenvalue weighted by molar-refractivity contribution is 6.06. The number of esters is 1. The zero-order valence-corrected chi connectivity index (χ0v) is 17.3. The standard InChI is InChI=1S/C25H22N2O4/c1-3-27-20-10-6-7-11-22(20)31-23-16-17(12-14-21(23)27)13-15-24(28)26-19-9-5-4-8-18(19)25(29)30-2/h4-16H,3H2,1-2H3,(H,26,28)/b15-13+. The van der Waals surface area contributed by atoms with E-state index in [0.717, 1.165) is 35.0 Å². The molecule has 0 saturated carbocycles. The van der Waals surface area contributed by atoms with Crippen LogP contribution in [0.3, 0.4) is 0 Å². The van der Waals surface area contributed by atoms with Crippen molar-refractivity contribution in [2.45, 2.75) is 6.92 Å². The first kappa shape index (κ1) is 20.2. The van der Waals surface area contributed by atoms with E-state index in [-0.39, 0.29) is 5.91 Å². The van der Waals surface area contributed by atoms with Crippen molar-refractivity contribution < 1.29 is 19.1 Å². The average Bonchev–Trinajstić information content (AvgIpc) is 2.80. The molecule has 1 aliphatic heterocycles. The molecule has 0 radical (unpaired) electrons. The highest BCUT2D eigenvalue weighted by atomic mass is 16.5. The molecule has 1 heterocycles. The zero-order chi connectivity index (χ0) is 21.8. The molecule has 3 aromatic carbocycles. The number of nitrogens with one attached hydrogen (secondary N) is 1. The SMILES string of the molecule is CCN1c2ccccc2Oc2cc(/C=C/C(=O)Nc3ccccc3C(=O)OC)ccc21. The monoisotopic (exact) mass is 414 g/mol. The number of hydrogen-bond donors (Lipinski definition) is 1. The van der Waals surface area contributed by atoms with E-state index in [4.69, 9.17) is 9.47 Å². The second-order valence-electron chi connectivity index (χ2n) is 6.90. The van der Waals surface area contributed by atoms with Crippen LogP contribution in [0.5, 0.6) is 11.5 Å². The number of ether oxygens (including phenoxy) is 2. The van der Waals surface area contributed by atoms with Gasteiger partial charge in [-0.05, 0) is 55.0 Å². The van der Waals surface area contributed by atoms with Gasteiger partial charge in [0, 0.05) is 12.6 Å². The number of anilines is 3. The summed E-state index contributed by atoms with van der Waals surface area (Å²) in [5, 5.41) is 2.72. The normalized spacial score (nSPS) is 12.0. The summed E-state index contributed by atoms with van der Waals surface area (Å²) in [4.78, 5) is 26.5. The molecular weight excluding hydrogens is 392 g/mol. The molecule has 0 saturated heterocycles. The first-order chi connectivity index (χ1) is 15.1. The van der Waals surface area contributed by atoms with Crippen LogP contribution in [-0.2, 0) is 9.53 Å². The Kier molecular flexibility index (Phi) is 5.71. The molecule has 0 unspecified atom stereocenters. The van der Waals surface area contributed by atoms with Gasteiger partial charge in [-0.2, -0.15) is 0 Å². The predicted octanol–water partition coefficient (Wildman–Crippen LogP) is 5.39. The van der Waals surface area contributed by atoms with E-state index in [9.17, 15) is 9.59 Å². The van der Waals surface area contributed by atoms with Crippen molar-refractivity contribution >= 4 is 35.0 Å². The summed E-state index contributed by atoms with van der Waals surface area (Å²) in [5.74, 6) is 0.678. The molecule has 0 fully saturated rings. The van der Waals surface area contributed by atoms with Gasteiger partial charge in [-0.25, -0.2) is 4.79 Å². The number of hydrogen-bond acceptors (Lipinski definition) is 5. The predicted molar refractivity (Wildman–Crippen MR) is 121 cm³/mol. The Bertz CT molecular complexity index is 1170. The molecule has 1 amide bonds. The Hall–Kier alpha value is -4.06. The lowest BCUT2D eigenvalue weighted by atomic mass is 10.1. The van der Waals surface area contributed by atoms with Gasteiger partial charge in [0.1, 0.15) is 0 Å². The smallest absolute Gasteiger partial charge is 0.339 e. The van der Waals surface area contributed by atoms with Crippen molar-refractivity contribution in [3.63, 3.8) is 0 Å². The maximum absolute atomic E-state index is 12.4. The van der Waals surface area contributed by atoms with Gasteiger partial charge >= 0.3 is 5.97 Å². The third-order valence-electron chi connectivity index (χ3n) is 4.98.